The Morgan fingerprint density at radius 1 is 0.926 bits per heavy atom. The summed E-state index contributed by atoms with van der Waals surface area (Å²) in [5, 5.41) is 4.01. The van der Waals surface area contributed by atoms with Crippen LogP contribution in [0.25, 0.3) is 0 Å². The first-order chi connectivity index (χ1) is 13.2. The zero-order valence-corrected chi connectivity index (χ0v) is 15.0. The zero-order chi connectivity index (χ0) is 18.9. The number of nitrogens with one attached hydrogen (secondary N) is 1. The van der Waals surface area contributed by atoms with E-state index < -0.39 is 0 Å². The maximum absolute atomic E-state index is 12.1. The predicted molar refractivity (Wildman–Crippen MR) is 106 cm³/mol. The van der Waals surface area contributed by atoms with Crippen molar-refractivity contribution in [2.75, 3.05) is 6.61 Å². The normalized spacial score (nSPS) is 10.6. The molecule has 0 aliphatic rings. The molecule has 0 fully saturated rings. The Balaban J connectivity index is 1.59. The highest BCUT2D eigenvalue weighted by Crippen LogP contribution is 2.21. The lowest BCUT2D eigenvalue weighted by Crippen LogP contribution is -2.17. The van der Waals surface area contributed by atoms with Crippen molar-refractivity contribution in [3.63, 3.8) is 0 Å². The fourth-order valence-corrected chi connectivity index (χ4v) is 2.38. The SMILES string of the molecule is CCOc1ccc(C(=O)N/N=C\c2cccc(Oc3ccccc3)c2)cc1. The van der Waals surface area contributed by atoms with Crippen LogP contribution < -0.4 is 14.9 Å². The second-order valence-corrected chi connectivity index (χ2v) is 5.64. The first-order valence-corrected chi connectivity index (χ1v) is 8.64. The molecule has 5 heteroatoms. The molecule has 0 radical (unpaired) electrons. The van der Waals surface area contributed by atoms with Gasteiger partial charge < -0.3 is 9.47 Å². The third kappa shape index (κ3) is 5.44. The number of rotatable bonds is 7. The number of para-hydroxylation sites is 1. The van der Waals surface area contributed by atoms with E-state index in [1.807, 2.05) is 61.5 Å². The first kappa shape index (κ1) is 18.2. The van der Waals surface area contributed by atoms with Gasteiger partial charge in [0.25, 0.3) is 5.91 Å². The molecule has 1 amide bonds. The molecule has 27 heavy (non-hydrogen) atoms. The number of hydrogen-bond acceptors (Lipinski definition) is 4. The average Bonchev–Trinajstić information content (AvgIpc) is 2.70. The number of amides is 1. The van der Waals surface area contributed by atoms with Gasteiger partial charge in [-0.3, -0.25) is 4.79 Å². The maximum Gasteiger partial charge on any atom is 0.271 e. The molecule has 136 valence electrons. The maximum atomic E-state index is 12.1. The average molecular weight is 360 g/mol. The van der Waals surface area contributed by atoms with Gasteiger partial charge in [0, 0.05) is 5.56 Å². The van der Waals surface area contributed by atoms with E-state index >= 15 is 0 Å². The Labute approximate surface area is 158 Å². The molecule has 0 saturated carbocycles. The van der Waals surface area contributed by atoms with Crippen molar-refractivity contribution in [3.05, 3.63) is 90.0 Å². The number of nitrogens with zero attached hydrogens (tertiary/aromatic N) is 1. The van der Waals surface area contributed by atoms with Gasteiger partial charge in [-0.1, -0.05) is 30.3 Å². The summed E-state index contributed by atoms with van der Waals surface area (Å²) in [6, 6.07) is 23.9. The van der Waals surface area contributed by atoms with E-state index in [0.29, 0.717) is 17.9 Å². The van der Waals surface area contributed by atoms with Crippen LogP contribution in [0.2, 0.25) is 0 Å². The minimum absolute atomic E-state index is 0.286. The first-order valence-electron chi connectivity index (χ1n) is 8.64. The molecule has 0 heterocycles. The van der Waals surface area contributed by atoms with E-state index in [9.17, 15) is 4.79 Å². The second-order valence-electron chi connectivity index (χ2n) is 5.64. The van der Waals surface area contributed by atoms with Gasteiger partial charge in [0.15, 0.2) is 0 Å². The molecular formula is C22H20N2O3. The smallest absolute Gasteiger partial charge is 0.271 e. The minimum Gasteiger partial charge on any atom is -0.494 e. The summed E-state index contributed by atoms with van der Waals surface area (Å²) in [5.41, 5.74) is 3.84. The van der Waals surface area contributed by atoms with E-state index in [0.717, 1.165) is 17.1 Å². The number of benzene rings is 3. The number of carbonyl (C=O) groups is 1. The molecule has 0 bridgehead atoms. The molecule has 3 rings (SSSR count). The van der Waals surface area contributed by atoms with Gasteiger partial charge in [-0.05, 0) is 61.0 Å². The van der Waals surface area contributed by atoms with Crippen molar-refractivity contribution in [2.45, 2.75) is 6.92 Å². The van der Waals surface area contributed by atoms with Crippen LogP contribution in [0, 0.1) is 0 Å². The van der Waals surface area contributed by atoms with Crippen LogP contribution in [0.15, 0.2) is 84.0 Å². The van der Waals surface area contributed by atoms with Crippen molar-refractivity contribution < 1.29 is 14.3 Å². The quantitative estimate of drug-likeness (QED) is 0.493. The number of hydrazone groups is 1. The van der Waals surface area contributed by atoms with Crippen LogP contribution in [0.5, 0.6) is 17.2 Å². The van der Waals surface area contributed by atoms with Gasteiger partial charge in [0.05, 0.1) is 12.8 Å². The lowest BCUT2D eigenvalue weighted by Gasteiger charge is -2.06. The fourth-order valence-electron chi connectivity index (χ4n) is 2.38. The van der Waals surface area contributed by atoms with Crippen LogP contribution in [0.4, 0.5) is 0 Å². The third-order valence-corrected chi connectivity index (χ3v) is 3.64. The molecule has 0 saturated heterocycles. The molecule has 0 spiro atoms. The summed E-state index contributed by atoms with van der Waals surface area (Å²) >= 11 is 0. The summed E-state index contributed by atoms with van der Waals surface area (Å²) in [6.07, 6.45) is 1.57. The van der Waals surface area contributed by atoms with Crippen molar-refractivity contribution in [1.82, 2.24) is 5.43 Å². The molecule has 0 aromatic heterocycles. The highest BCUT2D eigenvalue weighted by Gasteiger charge is 2.04. The lowest BCUT2D eigenvalue weighted by molar-refractivity contribution is 0.0955. The fraction of sp³-hybridized carbons (Fsp3) is 0.0909. The van der Waals surface area contributed by atoms with Crippen LogP contribution in [-0.4, -0.2) is 18.7 Å². The van der Waals surface area contributed by atoms with Crippen molar-refractivity contribution in [3.8, 4) is 17.2 Å². The van der Waals surface area contributed by atoms with Crippen LogP contribution >= 0.6 is 0 Å². The Kier molecular flexibility index (Phi) is 6.20. The third-order valence-electron chi connectivity index (χ3n) is 3.64. The van der Waals surface area contributed by atoms with Crippen LogP contribution in [0.3, 0.4) is 0 Å². The summed E-state index contributed by atoms with van der Waals surface area (Å²) in [5.74, 6) is 1.90. The van der Waals surface area contributed by atoms with E-state index in [4.69, 9.17) is 9.47 Å². The number of ether oxygens (including phenoxy) is 2. The largest absolute Gasteiger partial charge is 0.494 e. The second kappa shape index (κ2) is 9.20. The minimum atomic E-state index is -0.286. The summed E-state index contributed by atoms with van der Waals surface area (Å²) in [4.78, 5) is 12.1. The van der Waals surface area contributed by atoms with E-state index in [1.54, 1.807) is 30.5 Å². The van der Waals surface area contributed by atoms with Gasteiger partial charge in [-0.15, -0.1) is 0 Å². The molecule has 0 atom stereocenters. The molecular weight excluding hydrogens is 340 g/mol. The van der Waals surface area contributed by atoms with Crippen LogP contribution in [0.1, 0.15) is 22.8 Å². The molecule has 5 nitrogen and oxygen atoms in total. The van der Waals surface area contributed by atoms with Gasteiger partial charge in [0.1, 0.15) is 17.2 Å². The summed E-state index contributed by atoms with van der Waals surface area (Å²) in [7, 11) is 0. The number of carbonyl (C=O) groups excluding carboxylic acids is 1. The summed E-state index contributed by atoms with van der Waals surface area (Å²) in [6.45, 7) is 2.50. The summed E-state index contributed by atoms with van der Waals surface area (Å²) < 4.78 is 11.1. The van der Waals surface area contributed by atoms with E-state index in [-0.39, 0.29) is 5.91 Å². The van der Waals surface area contributed by atoms with Gasteiger partial charge in [-0.25, -0.2) is 5.43 Å². The van der Waals surface area contributed by atoms with E-state index in [2.05, 4.69) is 10.5 Å². The van der Waals surface area contributed by atoms with Gasteiger partial charge >= 0.3 is 0 Å². The highest BCUT2D eigenvalue weighted by molar-refractivity contribution is 5.95. The van der Waals surface area contributed by atoms with Crippen molar-refractivity contribution in [1.29, 1.82) is 0 Å². The Bertz CT molecular complexity index is 906. The monoisotopic (exact) mass is 360 g/mol. The molecule has 0 aliphatic heterocycles. The Morgan fingerprint density at radius 3 is 2.41 bits per heavy atom. The molecule has 0 aliphatic carbocycles. The molecule has 1 N–H and O–H groups in total. The lowest BCUT2D eigenvalue weighted by atomic mass is 10.2. The standard InChI is InChI=1S/C22H20N2O3/c1-2-26-19-13-11-18(12-14-19)22(25)24-23-16-17-7-6-10-21(15-17)27-20-8-4-3-5-9-20/h3-16H,2H2,1H3,(H,24,25)/b23-16-. The van der Waals surface area contributed by atoms with Gasteiger partial charge in [-0.2, -0.15) is 5.10 Å². The zero-order valence-electron chi connectivity index (χ0n) is 15.0. The highest BCUT2D eigenvalue weighted by atomic mass is 16.5. The Morgan fingerprint density at radius 2 is 1.67 bits per heavy atom. The van der Waals surface area contributed by atoms with E-state index in [1.165, 1.54) is 0 Å². The number of hydrogen-bond donors (Lipinski definition) is 1. The predicted octanol–water partition coefficient (Wildman–Crippen LogP) is 4.64. The van der Waals surface area contributed by atoms with Crippen molar-refractivity contribution in [2.24, 2.45) is 5.10 Å². The molecule has 3 aromatic rings. The van der Waals surface area contributed by atoms with Crippen molar-refractivity contribution >= 4 is 12.1 Å². The topological polar surface area (TPSA) is 59.9 Å². The van der Waals surface area contributed by atoms with Crippen LogP contribution in [-0.2, 0) is 0 Å². The molecule has 0 unspecified atom stereocenters. The molecule has 3 aromatic carbocycles. The van der Waals surface area contributed by atoms with Gasteiger partial charge in [0.2, 0.25) is 0 Å². The Hall–Kier alpha value is -3.60.